The van der Waals surface area contributed by atoms with E-state index in [1.54, 1.807) is 0 Å². The molecule has 8 heteroatoms. The summed E-state index contributed by atoms with van der Waals surface area (Å²) in [5.74, 6) is -1.04. The van der Waals surface area contributed by atoms with Crippen molar-refractivity contribution in [2.45, 2.75) is 50.9 Å². The molecule has 0 aromatic carbocycles. The largest absolute Gasteiger partial charge is 0.425 e. The SMILES string of the molecule is CC1CCC(C)N(C(=O)CC(O)(c2nccn2C)C(F)(F)F)C1. The van der Waals surface area contributed by atoms with E-state index in [1.807, 2.05) is 13.8 Å². The second-order valence-corrected chi connectivity index (χ2v) is 6.47. The fourth-order valence-corrected chi connectivity index (χ4v) is 3.03. The van der Waals surface area contributed by atoms with Gasteiger partial charge in [0.2, 0.25) is 11.5 Å². The van der Waals surface area contributed by atoms with Gasteiger partial charge in [0.15, 0.2) is 5.82 Å². The van der Waals surface area contributed by atoms with Crippen molar-refractivity contribution in [2.75, 3.05) is 6.54 Å². The van der Waals surface area contributed by atoms with Gasteiger partial charge in [-0.2, -0.15) is 13.2 Å². The molecular weight excluding hydrogens is 311 g/mol. The number of hydrogen-bond donors (Lipinski definition) is 1. The van der Waals surface area contributed by atoms with E-state index in [-0.39, 0.29) is 12.0 Å². The summed E-state index contributed by atoms with van der Waals surface area (Å²) in [6.07, 6.45) is -1.89. The molecule has 5 nitrogen and oxygen atoms in total. The number of aryl methyl sites for hydroxylation is 1. The molecule has 1 aliphatic heterocycles. The van der Waals surface area contributed by atoms with Crippen molar-refractivity contribution >= 4 is 5.91 Å². The quantitative estimate of drug-likeness (QED) is 0.923. The second kappa shape index (κ2) is 6.14. The highest BCUT2D eigenvalue weighted by molar-refractivity contribution is 5.78. The first-order valence-electron chi connectivity index (χ1n) is 7.62. The molecule has 3 unspecified atom stereocenters. The summed E-state index contributed by atoms with van der Waals surface area (Å²) < 4.78 is 41.5. The molecule has 1 aromatic rings. The Morgan fingerprint density at radius 3 is 2.57 bits per heavy atom. The number of likely N-dealkylation sites (tertiary alicyclic amines) is 1. The number of aliphatic hydroxyl groups is 1. The molecule has 0 spiro atoms. The van der Waals surface area contributed by atoms with Crippen LogP contribution in [0, 0.1) is 5.92 Å². The Morgan fingerprint density at radius 1 is 1.39 bits per heavy atom. The minimum absolute atomic E-state index is 0.127. The number of amides is 1. The minimum atomic E-state index is -4.99. The highest BCUT2D eigenvalue weighted by atomic mass is 19.4. The van der Waals surface area contributed by atoms with E-state index in [0.717, 1.165) is 17.4 Å². The van der Waals surface area contributed by atoms with Gasteiger partial charge in [0, 0.05) is 32.0 Å². The second-order valence-electron chi connectivity index (χ2n) is 6.47. The average Bonchev–Trinajstić information content (AvgIpc) is 2.86. The van der Waals surface area contributed by atoms with Gasteiger partial charge in [0.1, 0.15) is 0 Å². The first kappa shape index (κ1) is 17.8. The van der Waals surface area contributed by atoms with Gasteiger partial charge >= 0.3 is 6.18 Å². The lowest BCUT2D eigenvalue weighted by Crippen LogP contribution is -2.51. The Kier molecular flexibility index (Phi) is 4.75. The Labute approximate surface area is 133 Å². The molecule has 0 radical (unpaired) electrons. The number of rotatable bonds is 3. The van der Waals surface area contributed by atoms with Crippen LogP contribution in [0.3, 0.4) is 0 Å². The minimum Gasteiger partial charge on any atom is -0.374 e. The summed E-state index contributed by atoms with van der Waals surface area (Å²) >= 11 is 0. The highest BCUT2D eigenvalue weighted by Gasteiger charge is 2.59. The topological polar surface area (TPSA) is 58.4 Å². The van der Waals surface area contributed by atoms with Gasteiger partial charge in [-0.15, -0.1) is 0 Å². The van der Waals surface area contributed by atoms with Crippen molar-refractivity contribution in [3.63, 3.8) is 0 Å². The number of alkyl halides is 3. The van der Waals surface area contributed by atoms with Crippen LogP contribution >= 0.6 is 0 Å². The predicted molar refractivity (Wildman–Crippen MR) is 77.3 cm³/mol. The lowest BCUT2D eigenvalue weighted by molar-refractivity contribution is -0.272. The predicted octanol–water partition coefficient (Wildman–Crippen LogP) is 2.21. The molecule has 1 saturated heterocycles. The van der Waals surface area contributed by atoms with Crippen LogP contribution < -0.4 is 0 Å². The van der Waals surface area contributed by atoms with Gasteiger partial charge in [0.25, 0.3) is 0 Å². The number of carbonyl (C=O) groups is 1. The third-order valence-electron chi connectivity index (χ3n) is 4.51. The Hall–Kier alpha value is -1.57. The molecule has 130 valence electrons. The lowest BCUT2D eigenvalue weighted by Gasteiger charge is -2.39. The highest BCUT2D eigenvalue weighted by Crippen LogP contribution is 2.41. The van der Waals surface area contributed by atoms with Crippen molar-refractivity contribution in [3.05, 3.63) is 18.2 Å². The third kappa shape index (κ3) is 3.36. The van der Waals surface area contributed by atoms with Crippen molar-refractivity contribution < 1.29 is 23.1 Å². The van der Waals surface area contributed by atoms with Crippen LogP contribution in [-0.2, 0) is 17.4 Å². The monoisotopic (exact) mass is 333 g/mol. The van der Waals surface area contributed by atoms with Crippen molar-refractivity contribution in [2.24, 2.45) is 13.0 Å². The molecule has 0 aliphatic carbocycles. The summed E-state index contributed by atoms with van der Waals surface area (Å²) in [6.45, 7) is 4.19. The van der Waals surface area contributed by atoms with E-state index in [4.69, 9.17) is 0 Å². The van der Waals surface area contributed by atoms with E-state index in [0.29, 0.717) is 6.54 Å². The van der Waals surface area contributed by atoms with Crippen LogP contribution in [-0.4, -0.2) is 44.2 Å². The van der Waals surface area contributed by atoms with Crippen molar-refractivity contribution in [1.82, 2.24) is 14.5 Å². The molecule has 23 heavy (non-hydrogen) atoms. The molecule has 2 rings (SSSR count). The maximum atomic E-state index is 13.5. The molecule has 2 heterocycles. The first-order chi connectivity index (χ1) is 10.6. The number of imidazole rings is 1. The van der Waals surface area contributed by atoms with Gasteiger partial charge < -0.3 is 14.6 Å². The molecule has 1 N–H and O–H groups in total. The van der Waals surface area contributed by atoms with Crippen LogP contribution in [0.5, 0.6) is 0 Å². The van der Waals surface area contributed by atoms with Gasteiger partial charge in [0.05, 0.1) is 6.42 Å². The summed E-state index contributed by atoms with van der Waals surface area (Å²) in [6, 6.07) is -0.127. The normalized spacial score (nSPS) is 25.3. The van der Waals surface area contributed by atoms with Crippen molar-refractivity contribution in [1.29, 1.82) is 0 Å². The molecule has 0 saturated carbocycles. The maximum Gasteiger partial charge on any atom is 0.425 e. The Bertz CT molecular complexity index is 573. The fraction of sp³-hybridized carbons (Fsp3) is 0.733. The van der Waals surface area contributed by atoms with Crippen LogP contribution in [0.2, 0.25) is 0 Å². The van der Waals surface area contributed by atoms with Crippen LogP contribution in [0.1, 0.15) is 38.9 Å². The van der Waals surface area contributed by atoms with Gasteiger partial charge in [-0.05, 0) is 25.7 Å². The van der Waals surface area contributed by atoms with E-state index < -0.39 is 29.9 Å². The van der Waals surface area contributed by atoms with Crippen LogP contribution in [0.15, 0.2) is 12.4 Å². The zero-order valence-corrected chi connectivity index (χ0v) is 13.5. The molecule has 3 atom stereocenters. The van der Waals surface area contributed by atoms with E-state index in [1.165, 1.54) is 24.3 Å². The standard InChI is InChI=1S/C15H22F3N3O2/c1-10-4-5-11(2)21(9-10)12(22)8-14(23,15(16,17)18)13-19-6-7-20(13)3/h6-7,10-11,23H,4-5,8-9H2,1-3H3. The smallest absolute Gasteiger partial charge is 0.374 e. The average molecular weight is 333 g/mol. The zero-order chi connectivity index (χ0) is 17.4. The number of aromatic nitrogens is 2. The number of carbonyl (C=O) groups excluding carboxylic acids is 1. The van der Waals surface area contributed by atoms with Gasteiger partial charge in [-0.3, -0.25) is 4.79 Å². The van der Waals surface area contributed by atoms with Crippen molar-refractivity contribution in [3.8, 4) is 0 Å². The van der Waals surface area contributed by atoms with Crippen LogP contribution in [0.4, 0.5) is 13.2 Å². The number of hydrogen-bond acceptors (Lipinski definition) is 3. The Balaban J connectivity index is 2.29. The molecule has 0 bridgehead atoms. The molecular formula is C15H22F3N3O2. The maximum absolute atomic E-state index is 13.5. The summed E-state index contributed by atoms with van der Waals surface area (Å²) in [7, 11) is 1.36. The summed E-state index contributed by atoms with van der Waals surface area (Å²) in [4.78, 5) is 17.5. The van der Waals surface area contributed by atoms with E-state index in [2.05, 4.69) is 4.98 Å². The lowest BCUT2D eigenvalue weighted by atomic mass is 9.92. The molecule has 1 amide bonds. The molecule has 1 aliphatic rings. The van der Waals surface area contributed by atoms with Gasteiger partial charge in [-0.1, -0.05) is 6.92 Å². The zero-order valence-electron chi connectivity index (χ0n) is 13.5. The first-order valence-corrected chi connectivity index (χ1v) is 7.62. The number of piperidine rings is 1. The number of nitrogens with zero attached hydrogens (tertiary/aromatic N) is 3. The molecule has 1 fully saturated rings. The Morgan fingerprint density at radius 2 is 2.04 bits per heavy atom. The van der Waals surface area contributed by atoms with Gasteiger partial charge in [-0.25, -0.2) is 4.98 Å². The van der Waals surface area contributed by atoms with E-state index in [9.17, 15) is 23.1 Å². The fourth-order valence-electron chi connectivity index (χ4n) is 3.03. The number of halogens is 3. The van der Waals surface area contributed by atoms with Crippen LogP contribution in [0.25, 0.3) is 0 Å². The third-order valence-corrected chi connectivity index (χ3v) is 4.51. The van der Waals surface area contributed by atoms with E-state index >= 15 is 0 Å². The summed E-state index contributed by atoms with van der Waals surface area (Å²) in [5, 5.41) is 10.3. The molecule has 1 aromatic heterocycles. The summed E-state index contributed by atoms with van der Waals surface area (Å²) in [5.41, 5.74) is -3.29.